The highest BCUT2D eigenvalue weighted by molar-refractivity contribution is 5.69. The smallest absolute Gasteiger partial charge is 0.407 e. The summed E-state index contributed by atoms with van der Waals surface area (Å²) in [5, 5.41) is 2.75. The normalized spacial score (nSPS) is 36.9. The van der Waals surface area contributed by atoms with Gasteiger partial charge < -0.3 is 14.8 Å². The predicted molar refractivity (Wildman–Crippen MR) is 37.2 cm³/mol. The molecule has 4 nitrogen and oxygen atoms in total. The molecule has 62 valence electrons. The number of ether oxygens (including phenoxy) is 2. The van der Waals surface area contributed by atoms with Crippen molar-refractivity contribution < 1.29 is 14.3 Å². The van der Waals surface area contributed by atoms with E-state index < -0.39 is 0 Å². The molecule has 1 amide bonds. The van der Waals surface area contributed by atoms with E-state index in [0.717, 1.165) is 19.6 Å². The van der Waals surface area contributed by atoms with Gasteiger partial charge in [-0.25, -0.2) is 4.79 Å². The molecule has 2 saturated heterocycles. The molecule has 2 aliphatic rings. The van der Waals surface area contributed by atoms with Crippen molar-refractivity contribution in [1.82, 2.24) is 5.32 Å². The third kappa shape index (κ3) is 1.30. The van der Waals surface area contributed by atoms with Crippen LogP contribution in [0.15, 0.2) is 0 Å². The first-order valence-corrected chi connectivity index (χ1v) is 3.87. The average Bonchev–Trinajstić information content (AvgIpc) is 2.55. The van der Waals surface area contributed by atoms with E-state index in [1.807, 2.05) is 0 Å². The molecule has 0 aliphatic carbocycles. The zero-order valence-electron chi connectivity index (χ0n) is 6.21. The number of hydrogen-bond donors (Lipinski definition) is 1. The number of alkyl carbamates (subject to hydrolysis) is 1. The van der Waals surface area contributed by atoms with Crippen LogP contribution in [0.5, 0.6) is 0 Å². The molecule has 2 fully saturated rings. The Labute approximate surface area is 64.9 Å². The van der Waals surface area contributed by atoms with Crippen LogP contribution < -0.4 is 5.32 Å². The number of rotatable bonds is 1. The zero-order valence-corrected chi connectivity index (χ0v) is 6.21. The Morgan fingerprint density at radius 1 is 1.45 bits per heavy atom. The summed E-state index contributed by atoms with van der Waals surface area (Å²) in [5.41, 5.74) is 0. The summed E-state index contributed by atoms with van der Waals surface area (Å²) in [6.45, 7) is 2.08. The fourth-order valence-electron chi connectivity index (χ4n) is 1.52. The fraction of sp³-hybridized carbons (Fsp3) is 0.857. The molecule has 2 aliphatic heterocycles. The summed E-state index contributed by atoms with van der Waals surface area (Å²) < 4.78 is 9.97. The molecule has 2 heterocycles. The molecule has 11 heavy (non-hydrogen) atoms. The molecule has 2 rings (SSSR count). The molecular formula is C7H11NO3. The maximum absolute atomic E-state index is 10.6. The molecule has 0 saturated carbocycles. The van der Waals surface area contributed by atoms with Crippen molar-refractivity contribution in [2.75, 3.05) is 19.8 Å². The molecule has 1 N–H and O–H groups in total. The van der Waals surface area contributed by atoms with Crippen molar-refractivity contribution in [3.05, 3.63) is 0 Å². The Morgan fingerprint density at radius 2 is 2.36 bits per heavy atom. The van der Waals surface area contributed by atoms with Gasteiger partial charge in [0.2, 0.25) is 0 Å². The minimum Gasteiger partial charge on any atom is -0.447 e. The predicted octanol–water partition coefficient (Wildman–Crippen LogP) is 0.131. The van der Waals surface area contributed by atoms with Crippen LogP contribution in [0.3, 0.4) is 0 Å². The van der Waals surface area contributed by atoms with Crippen molar-refractivity contribution >= 4 is 6.09 Å². The number of carbonyl (C=O) groups excluding carboxylic acids is 1. The van der Waals surface area contributed by atoms with Gasteiger partial charge in [-0.15, -0.1) is 0 Å². The lowest BCUT2D eigenvalue weighted by molar-refractivity contribution is 0.166. The topological polar surface area (TPSA) is 47.6 Å². The van der Waals surface area contributed by atoms with Gasteiger partial charge in [-0.2, -0.15) is 0 Å². The molecule has 0 aromatic rings. The quantitative estimate of drug-likeness (QED) is 0.588. The number of nitrogens with one attached hydrogen (secondary N) is 1. The van der Waals surface area contributed by atoms with E-state index in [0.29, 0.717) is 12.5 Å². The first kappa shape index (κ1) is 6.91. The summed E-state index contributed by atoms with van der Waals surface area (Å²) in [6, 6.07) is 0.185. The largest absolute Gasteiger partial charge is 0.447 e. The first-order valence-electron chi connectivity index (χ1n) is 3.87. The Balaban J connectivity index is 1.90. The third-order valence-electron chi connectivity index (χ3n) is 2.23. The van der Waals surface area contributed by atoms with Crippen LogP contribution in [-0.4, -0.2) is 32.0 Å². The number of carbonyl (C=O) groups is 1. The first-order chi connectivity index (χ1) is 5.36. The van der Waals surface area contributed by atoms with Crippen molar-refractivity contribution in [3.63, 3.8) is 0 Å². The summed E-state index contributed by atoms with van der Waals surface area (Å²) in [7, 11) is 0. The van der Waals surface area contributed by atoms with Gasteiger partial charge in [-0.3, -0.25) is 0 Å². The van der Waals surface area contributed by atoms with Crippen LogP contribution >= 0.6 is 0 Å². The lowest BCUT2D eigenvalue weighted by Gasteiger charge is -2.12. The van der Waals surface area contributed by atoms with Gasteiger partial charge in [-0.05, 0) is 6.42 Å². The Morgan fingerprint density at radius 3 is 2.91 bits per heavy atom. The highest BCUT2D eigenvalue weighted by Crippen LogP contribution is 2.19. The minimum atomic E-state index is -0.290. The SMILES string of the molecule is O=C1N[C@H]([C@@H]2CCOC2)CO1. The van der Waals surface area contributed by atoms with Gasteiger partial charge in [0.05, 0.1) is 12.6 Å². The molecule has 0 aromatic carbocycles. The molecule has 4 heteroatoms. The summed E-state index contributed by atoms with van der Waals surface area (Å²) >= 11 is 0. The lowest BCUT2D eigenvalue weighted by atomic mass is 10.0. The second-order valence-electron chi connectivity index (χ2n) is 2.97. The summed E-state index contributed by atoms with van der Waals surface area (Å²) in [6.07, 6.45) is 0.746. The van der Waals surface area contributed by atoms with Crippen molar-refractivity contribution in [1.29, 1.82) is 0 Å². The minimum absolute atomic E-state index is 0.185. The van der Waals surface area contributed by atoms with Crippen molar-refractivity contribution in [3.8, 4) is 0 Å². The van der Waals surface area contributed by atoms with Gasteiger partial charge in [0.25, 0.3) is 0 Å². The van der Waals surface area contributed by atoms with Crippen LogP contribution in [0.1, 0.15) is 6.42 Å². The molecule has 0 bridgehead atoms. The Kier molecular flexibility index (Phi) is 1.69. The van der Waals surface area contributed by atoms with E-state index in [4.69, 9.17) is 9.47 Å². The average molecular weight is 157 g/mol. The van der Waals surface area contributed by atoms with E-state index >= 15 is 0 Å². The molecule has 0 unspecified atom stereocenters. The molecular weight excluding hydrogens is 146 g/mol. The second kappa shape index (κ2) is 2.70. The van der Waals surface area contributed by atoms with E-state index in [-0.39, 0.29) is 12.1 Å². The van der Waals surface area contributed by atoms with E-state index in [9.17, 15) is 4.79 Å². The lowest BCUT2D eigenvalue weighted by Crippen LogP contribution is -2.34. The number of cyclic esters (lactones) is 1. The van der Waals surface area contributed by atoms with E-state index in [1.165, 1.54) is 0 Å². The maximum atomic E-state index is 10.6. The van der Waals surface area contributed by atoms with Gasteiger partial charge in [0.1, 0.15) is 6.61 Å². The maximum Gasteiger partial charge on any atom is 0.407 e. The number of amides is 1. The Bertz CT molecular complexity index is 165. The van der Waals surface area contributed by atoms with Crippen LogP contribution in [0.2, 0.25) is 0 Å². The van der Waals surface area contributed by atoms with Crippen LogP contribution in [-0.2, 0) is 9.47 Å². The van der Waals surface area contributed by atoms with Gasteiger partial charge in [-0.1, -0.05) is 0 Å². The molecule has 0 aromatic heterocycles. The van der Waals surface area contributed by atoms with Gasteiger partial charge in [0.15, 0.2) is 0 Å². The highest BCUT2D eigenvalue weighted by atomic mass is 16.6. The van der Waals surface area contributed by atoms with Crippen molar-refractivity contribution in [2.24, 2.45) is 5.92 Å². The van der Waals surface area contributed by atoms with Crippen molar-refractivity contribution in [2.45, 2.75) is 12.5 Å². The second-order valence-corrected chi connectivity index (χ2v) is 2.97. The molecule has 0 spiro atoms. The summed E-state index contributed by atoms with van der Waals surface area (Å²) in [4.78, 5) is 10.6. The standard InChI is InChI=1S/C7H11NO3/c9-7-8-6(4-11-7)5-1-2-10-3-5/h5-6H,1-4H2,(H,8,9)/t5-,6+/m1/s1. The van der Waals surface area contributed by atoms with E-state index in [2.05, 4.69) is 5.32 Å². The molecule has 0 radical (unpaired) electrons. The van der Waals surface area contributed by atoms with Gasteiger partial charge in [0, 0.05) is 12.5 Å². The zero-order chi connectivity index (χ0) is 7.68. The number of hydrogen-bond acceptors (Lipinski definition) is 3. The third-order valence-corrected chi connectivity index (χ3v) is 2.23. The van der Waals surface area contributed by atoms with Crippen LogP contribution in [0, 0.1) is 5.92 Å². The van der Waals surface area contributed by atoms with Crippen LogP contribution in [0.4, 0.5) is 4.79 Å². The van der Waals surface area contributed by atoms with Crippen LogP contribution in [0.25, 0.3) is 0 Å². The van der Waals surface area contributed by atoms with E-state index in [1.54, 1.807) is 0 Å². The summed E-state index contributed by atoms with van der Waals surface area (Å²) in [5.74, 6) is 0.460. The Hall–Kier alpha value is -0.770. The monoisotopic (exact) mass is 157 g/mol. The fourth-order valence-corrected chi connectivity index (χ4v) is 1.52. The molecule has 2 atom stereocenters. The van der Waals surface area contributed by atoms with Gasteiger partial charge >= 0.3 is 6.09 Å². The highest BCUT2D eigenvalue weighted by Gasteiger charge is 2.32.